The SMILES string of the molecule is C=CCc1cnc(N2CCN(C(=O)OC(C)(C)C)CC2)c(CC)c1. The van der Waals surface area contributed by atoms with Gasteiger partial charge in [0.25, 0.3) is 0 Å². The number of carbonyl (C=O) groups is 1. The quantitative estimate of drug-likeness (QED) is 0.793. The maximum atomic E-state index is 12.2. The predicted molar refractivity (Wildman–Crippen MR) is 97.5 cm³/mol. The molecule has 132 valence electrons. The highest BCUT2D eigenvalue weighted by Gasteiger charge is 2.26. The number of allylic oxidation sites excluding steroid dienone is 1. The van der Waals surface area contributed by atoms with Crippen molar-refractivity contribution in [2.75, 3.05) is 31.1 Å². The van der Waals surface area contributed by atoms with Gasteiger partial charge in [0.05, 0.1) is 0 Å². The Morgan fingerprint density at radius 1 is 1.33 bits per heavy atom. The number of carbonyl (C=O) groups excluding carboxylic acids is 1. The number of hydrogen-bond donors (Lipinski definition) is 0. The van der Waals surface area contributed by atoms with Crippen LogP contribution in [0.15, 0.2) is 24.9 Å². The maximum absolute atomic E-state index is 12.2. The first kappa shape index (κ1) is 18.3. The van der Waals surface area contributed by atoms with Gasteiger partial charge in [0.15, 0.2) is 0 Å². The van der Waals surface area contributed by atoms with Crippen LogP contribution in [0, 0.1) is 0 Å². The molecule has 0 bridgehead atoms. The van der Waals surface area contributed by atoms with E-state index in [1.807, 2.05) is 33.0 Å². The summed E-state index contributed by atoms with van der Waals surface area (Å²) >= 11 is 0. The van der Waals surface area contributed by atoms with Gasteiger partial charge in [0.1, 0.15) is 11.4 Å². The molecule has 24 heavy (non-hydrogen) atoms. The van der Waals surface area contributed by atoms with E-state index < -0.39 is 5.60 Å². The molecule has 1 aliphatic rings. The van der Waals surface area contributed by atoms with Crippen molar-refractivity contribution in [3.8, 4) is 0 Å². The Morgan fingerprint density at radius 2 is 2.00 bits per heavy atom. The first-order valence-electron chi connectivity index (χ1n) is 8.65. The van der Waals surface area contributed by atoms with Gasteiger partial charge in [-0.3, -0.25) is 0 Å². The zero-order valence-electron chi connectivity index (χ0n) is 15.3. The minimum atomic E-state index is -0.452. The molecule has 1 saturated heterocycles. The second-order valence-corrected chi connectivity index (χ2v) is 7.13. The average molecular weight is 331 g/mol. The summed E-state index contributed by atoms with van der Waals surface area (Å²) in [5.74, 6) is 1.04. The number of pyridine rings is 1. The second-order valence-electron chi connectivity index (χ2n) is 7.13. The highest BCUT2D eigenvalue weighted by molar-refractivity contribution is 5.68. The van der Waals surface area contributed by atoms with E-state index in [2.05, 4.69) is 29.5 Å². The van der Waals surface area contributed by atoms with E-state index in [-0.39, 0.29) is 6.09 Å². The number of nitrogens with zero attached hydrogens (tertiary/aromatic N) is 3. The molecule has 5 nitrogen and oxygen atoms in total. The Balaban J connectivity index is 2.01. The number of anilines is 1. The first-order chi connectivity index (χ1) is 11.3. The van der Waals surface area contributed by atoms with Crippen LogP contribution >= 0.6 is 0 Å². The van der Waals surface area contributed by atoms with Gasteiger partial charge in [-0.1, -0.05) is 19.1 Å². The first-order valence-corrected chi connectivity index (χ1v) is 8.65. The summed E-state index contributed by atoms with van der Waals surface area (Å²) in [5.41, 5.74) is 1.99. The maximum Gasteiger partial charge on any atom is 0.410 e. The average Bonchev–Trinajstić information content (AvgIpc) is 2.53. The Bertz CT molecular complexity index is 585. The van der Waals surface area contributed by atoms with E-state index in [4.69, 9.17) is 4.74 Å². The molecule has 0 saturated carbocycles. The second kappa shape index (κ2) is 7.69. The Hall–Kier alpha value is -2.04. The van der Waals surface area contributed by atoms with Crippen LogP contribution in [0.5, 0.6) is 0 Å². The summed E-state index contributed by atoms with van der Waals surface area (Å²) in [4.78, 5) is 20.9. The molecule has 0 spiro atoms. The van der Waals surface area contributed by atoms with Crippen LogP contribution in [0.25, 0.3) is 0 Å². The number of aryl methyl sites for hydroxylation is 1. The van der Waals surface area contributed by atoms with Crippen molar-refractivity contribution in [3.05, 3.63) is 36.0 Å². The van der Waals surface area contributed by atoms with Gasteiger partial charge in [0.2, 0.25) is 0 Å². The predicted octanol–water partition coefficient (Wildman–Crippen LogP) is 3.43. The molecule has 1 aromatic rings. The molecule has 1 aliphatic heterocycles. The van der Waals surface area contributed by atoms with Crippen molar-refractivity contribution in [3.63, 3.8) is 0 Å². The minimum Gasteiger partial charge on any atom is -0.444 e. The molecule has 0 aliphatic carbocycles. The van der Waals surface area contributed by atoms with E-state index in [9.17, 15) is 4.79 Å². The van der Waals surface area contributed by atoms with E-state index in [1.54, 1.807) is 4.90 Å². The summed E-state index contributed by atoms with van der Waals surface area (Å²) in [6, 6.07) is 2.21. The largest absolute Gasteiger partial charge is 0.444 e. The molecular weight excluding hydrogens is 302 g/mol. The van der Waals surface area contributed by atoms with Crippen molar-refractivity contribution in [2.45, 2.75) is 46.1 Å². The highest BCUT2D eigenvalue weighted by atomic mass is 16.6. The van der Waals surface area contributed by atoms with Crippen LogP contribution in [0.3, 0.4) is 0 Å². The Morgan fingerprint density at radius 3 is 2.54 bits per heavy atom. The molecule has 1 aromatic heterocycles. The molecule has 0 N–H and O–H groups in total. The number of piperazine rings is 1. The van der Waals surface area contributed by atoms with Gasteiger partial charge in [0, 0.05) is 32.4 Å². The van der Waals surface area contributed by atoms with Crippen LogP contribution < -0.4 is 4.90 Å². The van der Waals surface area contributed by atoms with Gasteiger partial charge in [-0.25, -0.2) is 9.78 Å². The molecule has 0 atom stereocenters. The number of aromatic nitrogens is 1. The molecule has 1 amide bonds. The molecule has 2 rings (SSSR count). The van der Waals surface area contributed by atoms with Crippen molar-refractivity contribution in [1.29, 1.82) is 0 Å². The molecule has 5 heteroatoms. The summed E-state index contributed by atoms with van der Waals surface area (Å²) in [7, 11) is 0. The molecule has 0 radical (unpaired) electrons. The van der Waals surface area contributed by atoms with Gasteiger partial charge in [-0.2, -0.15) is 0 Å². The molecule has 0 aromatic carbocycles. The number of hydrogen-bond acceptors (Lipinski definition) is 4. The third-order valence-electron chi connectivity index (χ3n) is 3.99. The van der Waals surface area contributed by atoms with E-state index in [0.717, 1.165) is 31.7 Å². The lowest BCUT2D eigenvalue weighted by molar-refractivity contribution is 0.0240. The van der Waals surface area contributed by atoms with Gasteiger partial charge >= 0.3 is 6.09 Å². The zero-order chi connectivity index (χ0) is 17.7. The summed E-state index contributed by atoms with van der Waals surface area (Å²) in [6.45, 7) is 14.5. The van der Waals surface area contributed by atoms with Gasteiger partial charge in [-0.15, -0.1) is 6.58 Å². The summed E-state index contributed by atoms with van der Waals surface area (Å²) in [5, 5.41) is 0. The van der Waals surface area contributed by atoms with E-state index in [1.165, 1.54) is 11.1 Å². The fourth-order valence-electron chi connectivity index (χ4n) is 2.80. The van der Waals surface area contributed by atoms with E-state index in [0.29, 0.717) is 13.1 Å². The Labute approximate surface area is 145 Å². The highest BCUT2D eigenvalue weighted by Crippen LogP contribution is 2.22. The zero-order valence-corrected chi connectivity index (χ0v) is 15.3. The molecular formula is C19H29N3O2. The van der Waals surface area contributed by atoms with Crippen molar-refractivity contribution in [2.24, 2.45) is 0 Å². The van der Waals surface area contributed by atoms with Crippen LogP contribution in [-0.2, 0) is 17.6 Å². The van der Waals surface area contributed by atoms with Gasteiger partial charge < -0.3 is 14.5 Å². The van der Waals surface area contributed by atoms with Crippen molar-refractivity contribution < 1.29 is 9.53 Å². The van der Waals surface area contributed by atoms with Crippen LogP contribution in [0.2, 0.25) is 0 Å². The summed E-state index contributed by atoms with van der Waals surface area (Å²) < 4.78 is 5.45. The number of ether oxygens (including phenoxy) is 1. The Kier molecular flexibility index (Phi) is 5.86. The number of rotatable bonds is 4. The minimum absolute atomic E-state index is 0.229. The third kappa shape index (κ3) is 4.73. The fraction of sp³-hybridized carbons (Fsp3) is 0.579. The van der Waals surface area contributed by atoms with Crippen molar-refractivity contribution >= 4 is 11.9 Å². The molecule has 0 unspecified atom stereocenters. The lowest BCUT2D eigenvalue weighted by atomic mass is 10.1. The van der Waals surface area contributed by atoms with Crippen LogP contribution in [0.1, 0.15) is 38.8 Å². The van der Waals surface area contributed by atoms with Crippen LogP contribution in [-0.4, -0.2) is 47.8 Å². The fourth-order valence-corrected chi connectivity index (χ4v) is 2.80. The monoisotopic (exact) mass is 331 g/mol. The lowest BCUT2D eigenvalue weighted by Crippen LogP contribution is -2.50. The summed E-state index contributed by atoms with van der Waals surface area (Å²) in [6.07, 6.45) is 5.38. The lowest BCUT2D eigenvalue weighted by Gasteiger charge is -2.36. The molecule has 2 heterocycles. The number of amides is 1. The smallest absolute Gasteiger partial charge is 0.410 e. The van der Waals surface area contributed by atoms with Crippen molar-refractivity contribution in [1.82, 2.24) is 9.88 Å². The van der Waals surface area contributed by atoms with E-state index >= 15 is 0 Å². The normalized spacial score (nSPS) is 15.3. The molecule has 1 fully saturated rings. The van der Waals surface area contributed by atoms with Crippen LogP contribution in [0.4, 0.5) is 10.6 Å². The standard InChI is InChI=1S/C19H29N3O2/c1-6-8-15-13-16(7-2)17(20-14-15)21-9-11-22(12-10-21)18(23)24-19(3,4)5/h6,13-14H,1,7-12H2,2-5H3. The topological polar surface area (TPSA) is 45.7 Å². The van der Waals surface area contributed by atoms with Gasteiger partial charge in [-0.05, 0) is 44.7 Å². The third-order valence-corrected chi connectivity index (χ3v) is 3.99.